The molecule has 0 aliphatic carbocycles. The molecule has 1 amide bonds. The summed E-state index contributed by atoms with van der Waals surface area (Å²) < 4.78 is 23.8. The second-order valence-corrected chi connectivity index (χ2v) is 6.51. The number of carbonyl (C=O) groups excluding carboxylic acids is 1. The Kier molecular flexibility index (Phi) is 3.25. The van der Waals surface area contributed by atoms with Gasteiger partial charge in [0.05, 0.1) is 0 Å². The molecule has 20 heavy (non-hydrogen) atoms. The van der Waals surface area contributed by atoms with E-state index in [1.165, 1.54) is 4.31 Å². The van der Waals surface area contributed by atoms with Crippen LogP contribution in [-0.4, -0.2) is 49.7 Å². The number of anilines is 1. The van der Waals surface area contributed by atoms with Crippen molar-refractivity contribution in [2.75, 3.05) is 31.5 Å². The van der Waals surface area contributed by atoms with Gasteiger partial charge in [-0.05, 0) is 6.07 Å². The minimum absolute atomic E-state index is 0.0599. The fourth-order valence-electron chi connectivity index (χ4n) is 2.77. The van der Waals surface area contributed by atoms with E-state index in [-0.39, 0.29) is 11.9 Å². The zero-order valence-electron chi connectivity index (χ0n) is 10.8. The average Bonchev–Trinajstić information content (AvgIpc) is 2.73. The van der Waals surface area contributed by atoms with Gasteiger partial charge < -0.3 is 5.32 Å². The van der Waals surface area contributed by atoms with Gasteiger partial charge in [-0.15, -0.1) is 0 Å². The molecule has 1 saturated heterocycles. The van der Waals surface area contributed by atoms with E-state index in [2.05, 4.69) is 5.32 Å². The number of hydrogen-bond donors (Lipinski definition) is 2. The number of nitrogens with two attached hydrogens (primary N) is 1. The smallest absolute Gasteiger partial charge is 0.276 e. The van der Waals surface area contributed by atoms with Crippen molar-refractivity contribution in [3.05, 3.63) is 29.8 Å². The van der Waals surface area contributed by atoms with E-state index in [9.17, 15) is 13.2 Å². The average molecular weight is 296 g/mol. The number of rotatable bonds is 2. The van der Waals surface area contributed by atoms with Gasteiger partial charge in [0.25, 0.3) is 10.2 Å². The molecule has 0 saturated carbocycles. The molecule has 0 bridgehead atoms. The number of para-hydroxylation sites is 1. The number of nitrogens with one attached hydrogen (secondary N) is 1. The van der Waals surface area contributed by atoms with Crippen molar-refractivity contribution >= 4 is 21.8 Å². The van der Waals surface area contributed by atoms with Crippen LogP contribution < -0.4 is 10.5 Å². The maximum atomic E-state index is 12.1. The molecular weight excluding hydrogens is 280 g/mol. The zero-order valence-corrected chi connectivity index (χ0v) is 11.6. The van der Waals surface area contributed by atoms with E-state index in [0.717, 1.165) is 11.3 Å². The van der Waals surface area contributed by atoms with Gasteiger partial charge in [0.15, 0.2) is 0 Å². The highest BCUT2D eigenvalue weighted by Crippen LogP contribution is 2.35. The Balaban J connectivity index is 1.78. The molecule has 3 N–H and O–H groups in total. The highest BCUT2D eigenvalue weighted by molar-refractivity contribution is 7.86. The lowest BCUT2D eigenvalue weighted by Gasteiger charge is -2.35. The Morgan fingerprint density at radius 2 is 1.80 bits per heavy atom. The molecule has 0 aromatic heterocycles. The molecule has 1 unspecified atom stereocenters. The number of amides is 1. The summed E-state index contributed by atoms with van der Waals surface area (Å²) >= 11 is 0. The predicted octanol–water partition coefficient (Wildman–Crippen LogP) is -0.499. The molecule has 1 atom stereocenters. The maximum absolute atomic E-state index is 12.1. The standard InChI is InChI=1S/C12H16N4O3S/c13-20(18,19)16-7-5-15(6-8-16)11-9-3-1-2-4-10(9)14-12(11)17/h1-4,11H,5-8H2,(H,14,17)(H2,13,18,19). The Morgan fingerprint density at radius 3 is 2.45 bits per heavy atom. The predicted molar refractivity (Wildman–Crippen MR) is 74.1 cm³/mol. The van der Waals surface area contributed by atoms with E-state index in [1.807, 2.05) is 29.2 Å². The molecule has 3 rings (SSSR count). The van der Waals surface area contributed by atoms with Gasteiger partial charge in [-0.3, -0.25) is 9.69 Å². The Labute approximate surface area is 117 Å². The van der Waals surface area contributed by atoms with E-state index in [0.29, 0.717) is 26.2 Å². The summed E-state index contributed by atoms with van der Waals surface area (Å²) in [4.78, 5) is 14.1. The summed E-state index contributed by atoms with van der Waals surface area (Å²) in [7, 11) is -3.64. The van der Waals surface area contributed by atoms with Gasteiger partial charge in [-0.25, -0.2) is 5.14 Å². The van der Waals surface area contributed by atoms with Gasteiger partial charge in [0.2, 0.25) is 5.91 Å². The molecule has 1 fully saturated rings. The van der Waals surface area contributed by atoms with Crippen LogP contribution in [0.5, 0.6) is 0 Å². The first kappa shape index (κ1) is 13.5. The van der Waals surface area contributed by atoms with Gasteiger partial charge in [0, 0.05) is 37.4 Å². The van der Waals surface area contributed by atoms with Gasteiger partial charge in [-0.1, -0.05) is 18.2 Å². The number of nitrogens with zero attached hydrogens (tertiary/aromatic N) is 2. The quantitative estimate of drug-likeness (QED) is 0.769. The molecule has 2 aliphatic heterocycles. The second kappa shape index (κ2) is 4.81. The summed E-state index contributed by atoms with van der Waals surface area (Å²) in [6.45, 7) is 1.60. The van der Waals surface area contributed by atoms with Crippen LogP contribution in [0.3, 0.4) is 0 Å². The van der Waals surface area contributed by atoms with Crippen molar-refractivity contribution in [2.45, 2.75) is 6.04 Å². The van der Waals surface area contributed by atoms with Crippen LogP contribution in [-0.2, 0) is 15.0 Å². The number of piperazine rings is 1. The normalized spacial score (nSPS) is 24.4. The van der Waals surface area contributed by atoms with Gasteiger partial charge >= 0.3 is 0 Å². The highest BCUT2D eigenvalue weighted by atomic mass is 32.2. The molecule has 0 spiro atoms. The minimum Gasteiger partial charge on any atom is -0.324 e. The molecule has 7 nitrogen and oxygen atoms in total. The van der Waals surface area contributed by atoms with E-state index in [1.54, 1.807) is 0 Å². The topological polar surface area (TPSA) is 95.7 Å². The zero-order chi connectivity index (χ0) is 14.3. The fraction of sp³-hybridized carbons (Fsp3) is 0.417. The van der Waals surface area contributed by atoms with Crippen molar-refractivity contribution in [1.29, 1.82) is 0 Å². The van der Waals surface area contributed by atoms with Crippen LogP contribution in [0.1, 0.15) is 11.6 Å². The molecular formula is C12H16N4O3S. The van der Waals surface area contributed by atoms with Crippen LogP contribution in [0.15, 0.2) is 24.3 Å². The Bertz CT molecular complexity index is 638. The molecule has 8 heteroatoms. The van der Waals surface area contributed by atoms with Crippen LogP contribution in [0.4, 0.5) is 5.69 Å². The van der Waals surface area contributed by atoms with Crippen molar-refractivity contribution in [1.82, 2.24) is 9.21 Å². The lowest BCUT2D eigenvalue weighted by Crippen LogP contribution is -2.52. The summed E-state index contributed by atoms with van der Waals surface area (Å²) in [5.41, 5.74) is 1.78. The second-order valence-electron chi connectivity index (χ2n) is 4.96. The van der Waals surface area contributed by atoms with E-state index in [4.69, 9.17) is 5.14 Å². The summed E-state index contributed by atoms with van der Waals surface area (Å²) in [6.07, 6.45) is 0. The van der Waals surface area contributed by atoms with Crippen molar-refractivity contribution in [2.24, 2.45) is 5.14 Å². The minimum atomic E-state index is -3.64. The lowest BCUT2D eigenvalue weighted by atomic mass is 10.1. The summed E-state index contributed by atoms with van der Waals surface area (Å²) in [5, 5.41) is 7.96. The number of carbonyl (C=O) groups is 1. The molecule has 2 heterocycles. The number of fused-ring (bicyclic) bond motifs is 1. The van der Waals surface area contributed by atoms with Crippen LogP contribution in [0.2, 0.25) is 0 Å². The molecule has 108 valence electrons. The first-order valence-corrected chi connectivity index (χ1v) is 7.89. The molecule has 0 radical (unpaired) electrons. The molecule has 1 aromatic carbocycles. The van der Waals surface area contributed by atoms with Gasteiger partial charge in [0.1, 0.15) is 6.04 Å². The first-order valence-electron chi connectivity index (χ1n) is 6.38. The van der Waals surface area contributed by atoms with Crippen molar-refractivity contribution in [3.8, 4) is 0 Å². The Morgan fingerprint density at radius 1 is 1.15 bits per heavy atom. The molecule has 2 aliphatic rings. The monoisotopic (exact) mass is 296 g/mol. The fourth-order valence-corrected chi connectivity index (χ4v) is 3.44. The highest BCUT2D eigenvalue weighted by Gasteiger charge is 2.37. The number of benzene rings is 1. The number of hydrogen-bond acceptors (Lipinski definition) is 4. The largest absolute Gasteiger partial charge is 0.324 e. The van der Waals surface area contributed by atoms with E-state index < -0.39 is 10.2 Å². The molecule has 1 aromatic rings. The third-order valence-electron chi connectivity index (χ3n) is 3.76. The van der Waals surface area contributed by atoms with Crippen molar-refractivity contribution < 1.29 is 13.2 Å². The van der Waals surface area contributed by atoms with Gasteiger partial charge in [-0.2, -0.15) is 12.7 Å². The summed E-state index contributed by atoms with van der Waals surface area (Å²) in [6, 6.07) is 7.22. The third-order valence-corrected chi connectivity index (χ3v) is 4.84. The maximum Gasteiger partial charge on any atom is 0.276 e. The first-order chi connectivity index (χ1) is 9.47. The lowest BCUT2D eigenvalue weighted by molar-refractivity contribution is -0.121. The third kappa shape index (κ3) is 2.31. The van der Waals surface area contributed by atoms with Crippen LogP contribution >= 0.6 is 0 Å². The summed E-state index contributed by atoms with van der Waals surface area (Å²) in [5.74, 6) is -0.0599. The van der Waals surface area contributed by atoms with E-state index >= 15 is 0 Å². The van der Waals surface area contributed by atoms with Crippen LogP contribution in [0, 0.1) is 0 Å². The van der Waals surface area contributed by atoms with Crippen LogP contribution in [0.25, 0.3) is 0 Å². The van der Waals surface area contributed by atoms with Crippen molar-refractivity contribution in [3.63, 3.8) is 0 Å². The Hall–Kier alpha value is -1.48. The SMILES string of the molecule is NS(=O)(=O)N1CCN(C2C(=O)Nc3ccccc32)CC1.